The summed E-state index contributed by atoms with van der Waals surface area (Å²) in [6, 6.07) is 0.0792. The fourth-order valence-corrected chi connectivity index (χ4v) is 1.22. The van der Waals surface area contributed by atoms with Crippen LogP contribution >= 0.6 is 0 Å². The van der Waals surface area contributed by atoms with Crippen LogP contribution in [0.25, 0.3) is 0 Å². The number of nitrogens with one attached hydrogen (secondary N) is 2. The third kappa shape index (κ3) is 8.34. The van der Waals surface area contributed by atoms with Crippen LogP contribution in [0.1, 0.15) is 29.8 Å². The molecule has 0 aliphatic heterocycles. The number of carbonyl (C=O) groups is 2. The summed E-state index contributed by atoms with van der Waals surface area (Å²) in [5.41, 5.74) is 8.45. The first-order valence-corrected chi connectivity index (χ1v) is 6.03. The Morgan fingerprint density at radius 2 is 1.81 bits per heavy atom. The van der Waals surface area contributed by atoms with Crippen molar-refractivity contribution >= 4 is 11.9 Å². The van der Waals surface area contributed by atoms with Crippen LogP contribution in [0.4, 0.5) is 0 Å². The van der Waals surface area contributed by atoms with E-state index in [2.05, 4.69) is 0 Å². The first kappa shape index (κ1) is 18.5. The Labute approximate surface area is 118 Å². The Morgan fingerprint density at radius 3 is 2.24 bits per heavy atom. The number of carboxylic acid groups (broad SMARTS) is 2. The average molecular weight is 302 g/mol. The number of carboxylic acids is 2. The molecule has 0 saturated heterocycles. The highest BCUT2D eigenvalue weighted by atomic mass is 16.4. The van der Waals surface area contributed by atoms with Crippen LogP contribution in [0.15, 0.2) is 15.7 Å². The van der Waals surface area contributed by atoms with Crippen molar-refractivity contribution in [3.05, 3.63) is 32.6 Å². The van der Waals surface area contributed by atoms with E-state index in [0.717, 1.165) is 18.9 Å². The van der Waals surface area contributed by atoms with Crippen LogP contribution in [0, 0.1) is 0 Å². The van der Waals surface area contributed by atoms with Gasteiger partial charge in [0.25, 0.3) is 5.56 Å². The van der Waals surface area contributed by atoms with Gasteiger partial charge in [-0.15, -0.1) is 0 Å². The Bertz CT molecular complexity index is 550. The zero-order chi connectivity index (χ0) is 16.4. The van der Waals surface area contributed by atoms with Gasteiger partial charge in [-0.1, -0.05) is 6.42 Å². The molecular weight excluding hydrogens is 284 g/mol. The van der Waals surface area contributed by atoms with Crippen LogP contribution in [0.5, 0.6) is 0 Å². The highest BCUT2D eigenvalue weighted by Gasteiger charge is 2.09. The fourth-order valence-electron chi connectivity index (χ4n) is 1.22. The number of H-pyrrole nitrogens is 2. The van der Waals surface area contributed by atoms with Crippen molar-refractivity contribution in [3.63, 3.8) is 0 Å². The van der Waals surface area contributed by atoms with Gasteiger partial charge in [0.2, 0.25) is 0 Å². The Hall–Kier alpha value is -2.46. The number of hydrogen-bond acceptors (Lipinski definition) is 6. The summed E-state index contributed by atoms with van der Waals surface area (Å²) in [6.07, 6.45) is 2.16. The summed E-state index contributed by atoms with van der Waals surface area (Å²) in [4.78, 5) is 45.0. The van der Waals surface area contributed by atoms with Gasteiger partial charge in [-0.25, -0.2) is 9.59 Å². The topological polar surface area (TPSA) is 192 Å². The smallest absolute Gasteiger partial charge is 0.352 e. The molecule has 21 heavy (non-hydrogen) atoms. The van der Waals surface area contributed by atoms with E-state index in [-0.39, 0.29) is 0 Å². The lowest BCUT2D eigenvalue weighted by Gasteiger charge is -2.03. The van der Waals surface area contributed by atoms with Crippen molar-refractivity contribution in [1.82, 2.24) is 9.97 Å². The molecule has 1 aromatic heterocycles. The van der Waals surface area contributed by atoms with E-state index in [9.17, 15) is 19.2 Å². The van der Waals surface area contributed by atoms with Crippen molar-refractivity contribution in [1.29, 1.82) is 0 Å². The molecule has 0 aliphatic carbocycles. The number of unbranched alkanes of at least 4 members (excludes halogenated alkanes) is 1. The van der Waals surface area contributed by atoms with Gasteiger partial charge in [-0.2, -0.15) is 0 Å². The van der Waals surface area contributed by atoms with E-state index in [1.54, 1.807) is 0 Å². The summed E-state index contributed by atoms with van der Waals surface area (Å²) in [5, 5.41) is 16.6. The molecule has 0 fully saturated rings. The molecule has 0 spiro atoms. The normalized spacial score (nSPS) is 11.1. The number of aromatic carboxylic acids is 1. The Morgan fingerprint density at radius 1 is 1.19 bits per heavy atom. The zero-order valence-corrected chi connectivity index (χ0v) is 11.2. The molecule has 0 bridgehead atoms. The SMILES string of the molecule is NCCCC[C@H](N)C(=O)O.O=C(O)c1cc(=O)[nH]c(=O)[nH]1. The molecule has 1 rings (SSSR count). The van der Waals surface area contributed by atoms with Crippen molar-refractivity contribution < 1.29 is 19.8 Å². The molecule has 0 aromatic carbocycles. The maximum Gasteiger partial charge on any atom is 0.352 e. The molecule has 8 N–H and O–H groups in total. The standard InChI is InChI=1S/C6H14N2O2.C5H4N2O4/c7-4-2-1-3-5(8)6(9)10;8-3-1-2(4(9)10)6-5(11)7-3/h5H,1-4,7-8H2,(H,9,10);1H,(H,9,10)(H2,6,7,8,11)/t5-;/m0./s1. The molecular formula is C11H18N4O6. The Kier molecular flexibility index (Phi) is 8.34. The van der Waals surface area contributed by atoms with Crippen molar-refractivity contribution in [3.8, 4) is 0 Å². The highest BCUT2D eigenvalue weighted by molar-refractivity contribution is 5.84. The molecule has 1 atom stereocenters. The van der Waals surface area contributed by atoms with Gasteiger partial charge >= 0.3 is 17.6 Å². The van der Waals surface area contributed by atoms with Crippen LogP contribution in [-0.4, -0.2) is 44.7 Å². The maximum atomic E-state index is 10.5. The van der Waals surface area contributed by atoms with Gasteiger partial charge < -0.3 is 26.7 Å². The van der Waals surface area contributed by atoms with E-state index in [4.69, 9.17) is 21.7 Å². The third-order valence-electron chi connectivity index (χ3n) is 2.28. The van der Waals surface area contributed by atoms with Gasteiger partial charge in [-0.3, -0.25) is 14.6 Å². The number of hydrogen-bond donors (Lipinski definition) is 6. The lowest BCUT2D eigenvalue weighted by molar-refractivity contribution is -0.138. The van der Waals surface area contributed by atoms with Crippen LogP contribution in [0.3, 0.4) is 0 Å². The molecule has 0 unspecified atom stereocenters. The number of aliphatic carboxylic acids is 1. The molecule has 10 heteroatoms. The molecule has 0 radical (unpaired) electrons. The summed E-state index contributed by atoms with van der Waals surface area (Å²) in [7, 11) is 0. The minimum absolute atomic E-state index is 0.418. The van der Waals surface area contributed by atoms with Crippen molar-refractivity contribution in [2.45, 2.75) is 25.3 Å². The van der Waals surface area contributed by atoms with E-state index in [0.29, 0.717) is 13.0 Å². The predicted molar refractivity (Wildman–Crippen MR) is 73.2 cm³/mol. The molecule has 0 saturated carbocycles. The first-order chi connectivity index (χ1) is 9.77. The van der Waals surface area contributed by atoms with Gasteiger partial charge in [0.05, 0.1) is 0 Å². The third-order valence-corrected chi connectivity index (χ3v) is 2.28. The van der Waals surface area contributed by atoms with E-state index >= 15 is 0 Å². The van der Waals surface area contributed by atoms with Crippen LogP contribution in [0.2, 0.25) is 0 Å². The first-order valence-electron chi connectivity index (χ1n) is 6.03. The molecule has 10 nitrogen and oxygen atoms in total. The van der Waals surface area contributed by atoms with Gasteiger partial charge in [0.15, 0.2) is 0 Å². The van der Waals surface area contributed by atoms with E-state index < -0.39 is 34.9 Å². The van der Waals surface area contributed by atoms with Crippen LogP contribution in [-0.2, 0) is 4.79 Å². The number of aromatic amines is 2. The second kappa shape index (κ2) is 9.44. The van der Waals surface area contributed by atoms with Gasteiger partial charge in [0.1, 0.15) is 11.7 Å². The molecule has 0 aliphatic rings. The minimum atomic E-state index is -1.34. The average Bonchev–Trinajstić information content (AvgIpc) is 2.38. The van der Waals surface area contributed by atoms with E-state index in [1.807, 2.05) is 9.97 Å². The largest absolute Gasteiger partial charge is 0.480 e. The summed E-state index contributed by atoms with van der Waals surface area (Å²) in [6.45, 7) is 0.604. The lowest BCUT2D eigenvalue weighted by Crippen LogP contribution is -2.29. The highest BCUT2D eigenvalue weighted by Crippen LogP contribution is 1.96. The molecule has 0 amide bonds. The summed E-state index contributed by atoms with van der Waals surface area (Å²) in [5.74, 6) is -2.27. The number of rotatable bonds is 6. The van der Waals surface area contributed by atoms with Crippen molar-refractivity contribution in [2.75, 3.05) is 6.54 Å². The number of nitrogens with two attached hydrogens (primary N) is 2. The van der Waals surface area contributed by atoms with Gasteiger partial charge in [-0.05, 0) is 19.4 Å². The summed E-state index contributed by atoms with van der Waals surface area (Å²) < 4.78 is 0. The minimum Gasteiger partial charge on any atom is -0.480 e. The molecule has 1 heterocycles. The van der Waals surface area contributed by atoms with Crippen molar-refractivity contribution in [2.24, 2.45) is 11.5 Å². The van der Waals surface area contributed by atoms with Gasteiger partial charge in [0, 0.05) is 6.07 Å². The zero-order valence-electron chi connectivity index (χ0n) is 11.2. The second-order valence-electron chi connectivity index (χ2n) is 4.04. The summed E-state index contributed by atoms with van der Waals surface area (Å²) >= 11 is 0. The predicted octanol–water partition coefficient (Wildman–Crippen LogP) is -1.71. The molecule has 118 valence electrons. The Balaban J connectivity index is 0.000000384. The lowest BCUT2D eigenvalue weighted by atomic mass is 10.1. The maximum absolute atomic E-state index is 10.5. The monoisotopic (exact) mass is 302 g/mol. The fraction of sp³-hybridized carbons (Fsp3) is 0.455. The second-order valence-corrected chi connectivity index (χ2v) is 4.04. The molecule has 1 aromatic rings. The van der Waals surface area contributed by atoms with E-state index in [1.165, 1.54) is 0 Å². The number of aromatic nitrogens is 2. The quantitative estimate of drug-likeness (QED) is 0.334. The van der Waals surface area contributed by atoms with Crippen LogP contribution < -0.4 is 22.7 Å².